The molecule has 0 aliphatic heterocycles. The zero-order chi connectivity index (χ0) is 9.26. The van der Waals surface area contributed by atoms with Gasteiger partial charge in [0.1, 0.15) is 5.78 Å². The molecular weight excluding hydrogens is 160 g/mol. The fourth-order valence-electron chi connectivity index (χ4n) is 1.95. The highest BCUT2D eigenvalue weighted by atomic mass is 16.1. The highest BCUT2D eigenvalue weighted by Gasteiger charge is 2.32. The summed E-state index contributed by atoms with van der Waals surface area (Å²) in [7, 11) is 0. The Hall–Kier alpha value is -1.11. The third-order valence-corrected chi connectivity index (χ3v) is 2.98. The lowest BCUT2D eigenvalue weighted by atomic mass is 9.70. The summed E-state index contributed by atoms with van der Waals surface area (Å²) in [5, 5.41) is 0. The summed E-state index contributed by atoms with van der Waals surface area (Å²) < 4.78 is 0. The van der Waals surface area contributed by atoms with Crippen molar-refractivity contribution in [3.8, 4) is 0 Å². The monoisotopic (exact) mass is 174 g/mol. The highest BCUT2D eigenvalue weighted by Crippen LogP contribution is 2.41. The van der Waals surface area contributed by atoms with Crippen molar-refractivity contribution in [1.82, 2.24) is 0 Å². The molecule has 0 spiro atoms. The van der Waals surface area contributed by atoms with Crippen LogP contribution in [0.5, 0.6) is 0 Å². The summed E-state index contributed by atoms with van der Waals surface area (Å²) in [5.74, 6) is 1.33. The second-order valence-corrected chi connectivity index (χ2v) is 3.89. The third kappa shape index (κ3) is 1.64. The summed E-state index contributed by atoms with van der Waals surface area (Å²) >= 11 is 0. The molecule has 0 heterocycles. The van der Waals surface area contributed by atoms with E-state index in [1.54, 1.807) is 6.92 Å². The molecule has 0 aromatic heterocycles. The van der Waals surface area contributed by atoms with Crippen molar-refractivity contribution in [2.24, 2.45) is 5.92 Å². The number of benzene rings is 1. The van der Waals surface area contributed by atoms with Crippen LogP contribution in [0.2, 0.25) is 0 Å². The number of rotatable bonds is 2. The minimum Gasteiger partial charge on any atom is -0.300 e. The maximum absolute atomic E-state index is 11.0. The van der Waals surface area contributed by atoms with E-state index in [-0.39, 0.29) is 0 Å². The molecule has 1 aliphatic carbocycles. The maximum atomic E-state index is 11.0. The predicted molar refractivity (Wildman–Crippen MR) is 52.6 cm³/mol. The predicted octanol–water partition coefficient (Wildman–Crippen LogP) is 2.77. The van der Waals surface area contributed by atoms with Gasteiger partial charge < -0.3 is 0 Å². The first-order chi connectivity index (χ1) is 6.27. The lowest BCUT2D eigenvalue weighted by Crippen LogP contribution is -2.27. The van der Waals surface area contributed by atoms with E-state index in [1.807, 2.05) is 6.07 Å². The molecule has 0 radical (unpaired) electrons. The summed E-state index contributed by atoms with van der Waals surface area (Å²) in [4.78, 5) is 11.0. The zero-order valence-corrected chi connectivity index (χ0v) is 7.86. The van der Waals surface area contributed by atoms with E-state index in [2.05, 4.69) is 24.3 Å². The number of carbonyl (C=O) groups is 1. The van der Waals surface area contributed by atoms with Gasteiger partial charge >= 0.3 is 0 Å². The Kier molecular flexibility index (Phi) is 2.17. The van der Waals surface area contributed by atoms with Gasteiger partial charge in [-0.25, -0.2) is 0 Å². The van der Waals surface area contributed by atoms with Crippen LogP contribution >= 0.6 is 0 Å². The van der Waals surface area contributed by atoms with E-state index < -0.39 is 0 Å². The standard InChI is InChI=1S/C12H14O/c1-9(13)11-7-12(8-11)10-5-3-2-4-6-10/h2-6,11-12H,7-8H2,1H3. The SMILES string of the molecule is CC(=O)C1CC(c2ccccc2)C1. The van der Waals surface area contributed by atoms with Crippen molar-refractivity contribution in [3.63, 3.8) is 0 Å². The zero-order valence-electron chi connectivity index (χ0n) is 7.86. The Morgan fingerprint density at radius 2 is 1.85 bits per heavy atom. The van der Waals surface area contributed by atoms with Gasteiger partial charge in [-0.3, -0.25) is 4.79 Å². The van der Waals surface area contributed by atoms with Crippen molar-refractivity contribution in [2.45, 2.75) is 25.7 Å². The number of hydrogen-bond donors (Lipinski definition) is 0. The second-order valence-electron chi connectivity index (χ2n) is 3.89. The van der Waals surface area contributed by atoms with Crippen molar-refractivity contribution in [2.75, 3.05) is 0 Å². The molecule has 0 N–H and O–H groups in total. The molecule has 13 heavy (non-hydrogen) atoms. The van der Waals surface area contributed by atoms with Gasteiger partial charge in [0.2, 0.25) is 0 Å². The van der Waals surface area contributed by atoms with Gasteiger partial charge in [-0.1, -0.05) is 30.3 Å². The fraction of sp³-hybridized carbons (Fsp3) is 0.417. The molecule has 2 rings (SSSR count). The van der Waals surface area contributed by atoms with Crippen molar-refractivity contribution < 1.29 is 4.79 Å². The first kappa shape index (κ1) is 8.49. The Morgan fingerprint density at radius 1 is 1.23 bits per heavy atom. The number of Topliss-reactive ketones (excluding diaryl/α,β-unsaturated/α-hetero) is 1. The number of ketones is 1. The fourth-order valence-corrected chi connectivity index (χ4v) is 1.95. The Morgan fingerprint density at radius 3 is 2.38 bits per heavy atom. The molecule has 0 amide bonds. The van der Waals surface area contributed by atoms with Gasteiger partial charge in [0.15, 0.2) is 0 Å². The normalized spacial score (nSPS) is 26.5. The van der Waals surface area contributed by atoms with Crippen LogP contribution in [-0.4, -0.2) is 5.78 Å². The van der Waals surface area contributed by atoms with Gasteiger partial charge in [0.25, 0.3) is 0 Å². The Bertz CT molecular complexity index is 296. The molecule has 0 bridgehead atoms. The molecule has 1 aromatic rings. The van der Waals surface area contributed by atoms with Crippen LogP contribution in [-0.2, 0) is 4.79 Å². The van der Waals surface area contributed by atoms with Crippen LogP contribution in [0.15, 0.2) is 30.3 Å². The molecular formula is C12H14O. The van der Waals surface area contributed by atoms with Crippen molar-refractivity contribution in [1.29, 1.82) is 0 Å². The Labute approximate surface area is 78.8 Å². The van der Waals surface area contributed by atoms with Crippen LogP contribution in [0.3, 0.4) is 0 Å². The van der Waals surface area contributed by atoms with Crippen LogP contribution < -0.4 is 0 Å². The summed E-state index contributed by atoms with van der Waals surface area (Å²) in [6.45, 7) is 1.70. The molecule has 1 heteroatoms. The average Bonchev–Trinajstić information content (AvgIpc) is 2.02. The van der Waals surface area contributed by atoms with Crippen molar-refractivity contribution in [3.05, 3.63) is 35.9 Å². The first-order valence-corrected chi connectivity index (χ1v) is 4.83. The quantitative estimate of drug-likeness (QED) is 0.673. The molecule has 1 fully saturated rings. The average molecular weight is 174 g/mol. The van der Waals surface area contributed by atoms with E-state index in [9.17, 15) is 4.79 Å². The summed E-state index contributed by atoms with van der Waals surface area (Å²) in [5.41, 5.74) is 1.39. The molecule has 1 aliphatic rings. The summed E-state index contributed by atoms with van der Waals surface area (Å²) in [6.07, 6.45) is 2.11. The van der Waals surface area contributed by atoms with E-state index in [1.165, 1.54) is 5.56 Å². The molecule has 0 unspecified atom stereocenters. The van der Waals surface area contributed by atoms with Gasteiger partial charge in [0, 0.05) is 5.92 Å². The number of hydrogen-bond acceptors (Lipinski definition) is 1. The highest BCUT2D eigenvalue weighted by molar-refractivity contribution is 5.79. The lowest BCUT2D eigenvalue weighted by Gasteiger charge is -2.33. The van der Waals surface area contributed by atoms with Crippen LogP contribution in [0.1, 0.15) is 31.2 Å². The van der Waals surface area contributed by atoms with Gasteiger partial charge in [-0.2, -0.15) is 0 Å². The van der Waals surface area contributed by atoms with Gasteiger partial charge in [-0.15, -0.1) is 0 Å². The molecule has 1 nitrogen and oxygen atoms in total. The topological polar surface area (TPSA) is 17.1 Å². The van der Waals surface area contributed by atoms with Crippen LogP contribution in [0.4, 0.5) is 0 Å². The first-order valence-electron chi connectivity index (χ1n) is 4.83. The second kappa shape index (κ2) is 3.33. The van der Waals surface area contributed by atoms with E-state index in [0.29, 0.717) is 17.6 Å². The minimum absolute atomic E-state index is 0.338. The Balaban J connectivity index is 1.98. The van der Waals surface area contributed by atoms with Crippen LogP contribution in [0, 0.1) is 5.92 Å². The third-order valence-electron chi connectivity index (χ3n) is 2.98. The molecule has 68 valence electrons. The smallest absolute Gasteiger partial charge is 0.132 e. The number of carbonyl (C=O) groups excluding carboxylic acids is 1. The lowest BCUT2D eigenvalue weighted by molar-refractivity contribution is -0.123. The molecule has 1 saturated carbocycles. The molecule has 0 saturated heterocycles. The molecule has 1 aromatic carbocycles. The van der Waals surface area contributed by atoms with Gasteiger partial charge in [0.05, 0.1) is 0 Å². The molecule has 0 atom stereocenters. The minimum atomic E-state index is 0.338. The van der Waals surface area contributed by atoms with Crippen LogP contribution in [0.25, 0.3) is 0 Å². The van der Waals surface area contributed by atoms with E-state index >= 15 is 0 Å². The largest absolute Gasteiger partial charge is 0.300 e. The van der Waals surface area contributed by atoms with E-state index in [4.69, 9.17) is 0 Å². The summed E-state index contributed by atoms with van der Waals surface area (Å²) in [6, 6.07) is 10.5. The van der Waals surface area contributed by atoms with Gasteiger partial charge in [-0.05, 0) is 31.2 Å². The van der Waals surface area contributed by atoms with E-state index in [0.717, 1.165) is 12.8 Å². The van der Waals surface area contributed by atoms with Crippen molar-refractivity contribution >= 4 is 5.78 Å². The maximum Gasteiger partial charge on any atom is 0.132 e.